The van der Waals surface area contributed by atoms with E-state index in [1.54, 1.807) is 4.90 Å². The molecule has 1 amide bonds. The van der Waals surface area contributed by atoms with Crippen molar-refractivity contribution in [1.29, 1.82) is 0 Å². The Morgan fingerprint density at radius 2 is 1.83 bits per heavy atom. The van der Waals surface area contributed by atoms with Crippen molar-refractivity contribution in [2.75, 3.05) is 26.5 Å². The largest absolute Gasteiger partial charge is 0.492 e. The summed E-state index contributed by atoms with van der Waals surface area (Å²) >= 11 is 0. The molecule has 0 spiro atoms. The zero-order valence-electron chi connectivity index (χ0n) is 16.7. The summed E-state index contributed by atoms with van der Waals surface area (Å²) in [5.41, 5.74) is 2.83. The maximum atomic E-state index is 12.3. The Kier molecular flexibility index (Phi) is 4.19. The van der Waals surface area contributed by atoms with Crippen LogP contribution in [0, 0.1) is 6.92 Å². The molecule has 0 bridgehead atoms. The van der Waals surface area contributed by atoms with E-state index < -0.39 is 0 Å². The van der Waals surface area contributed by atoms with E-state index in [1.807, 2.05) is 45.0 Å². The first-order chi connectivity index (χ1) is 14.1. The molecule has 7 nitrogen and oxygen atoms in total. The molecule has 2 aromatic rings. The Bertz CT molecular complexity index is 984. The van der Waals surface area contributed by atoms with Gasteiger partial charge in [-0.3, -0.25) is 0 Å². The highest BCUT2D eigenvalue weighted by molar-refractivity contribution is 5.72. The molecule has 2 atom stereocenters. The molecular formula is C22H23NO6. The van der Waals surface area contributed by atoms with Crippen molar-refractivity contribution in [2.24, 2.45) is 0 Å². The van der Waals surface area contributed by atoms with Crippen LogP contribution < -0.4 is 23.7 Å². The van der Waals surface area contributed by atoms with Crippen molar-refractivity contribution in [3.8, 4) is 28.7 Å². The van der Waals surface area contributed by atoms with Crippen LogP contribution in [-0.2, 0) is 0 Å². The van der Waals surface area contributed by atoms with E-state index >= 15 is 0 Å². The lowest BCUT2D eigenvalue weighted by molar-refractivity contribution is 0.136. The Morgan fingerprint density at radius 1 is 1.07 bits per heavy atom. The molecule has 3 aliphatic rings. The maximum Gasteiger partial charge on any atom is 0.415 e. The van der Waals surface area contributed by atoms with Crippen molar-refractivity contribution in [2.45, 2.75) is 32.8 Å². The number of benzene rings is 2. The van der Waals surface area contributed by atoms with Gasteiger partial charge in [-0.1, -0.05) is 0 Å². The van der Waals surface area contributed by atoms with E-state index in [0.29, 0.717) is 31.2 Å². The smallest absolute Gasteiger partial charge is 0.415 e. The standard InChI is InChI=1S/C22H23NO6/c1-4-23(5-2)22(24)29-16-7-6-13-20(12(16)3)25-10-15-14-8-18-19(27-11-26-18)9-17(14)28-21(13)15/h6-9,15,21H,4-5,10-11H2,1-3H3/t15-,21-/m0/s1. The Labute approximate surface area is 169 Å². The van der Waals surface area contributed by atoms with Crippen LogP contribution in [0.2, 0.25) is 0 Å². The Hall–Kier alpha value is -3.09. The molecule has 152 valence electrons. The summed E-state index contributed by atoms with van der Waals surface area (Å²) in [5, 5.41) is 0. The zero-order valence-corrected chi connectivity index (χ0v) is 16.7. The topological polar surface area (TPSA) is 66.5 Å². The van der Waals surface area contributed by atoms with Gasteiger partial charge in [0.05, 0.1) is 12.5 Å². The van der Waals surface area contributed by atoms with E-state index in [2.05, 4.69) is 0 Å². The number of carbonyl (C=O) groups is 1. The minimum atomic E-state index is -0.356. The number of nitrogens with zero attached hydrogens (tertiary/aromatic N) is 1. The second-order valence-electron chi connectivity index (χ2n) is 7.35. The quantitative estimate of drug-likeness (QED) is 0.774. The predicted octanol–water partition coefficient (Wildman–Crippen LogP) is 4.17. The maximum absolute atomic E-state index is 12.3. The molecule has 0 N–H and O–H groups in total. The highest BCUT2D eigenvalue weighted by atomic mass is 16.7. The Balaban J connectivity index is 1.44. The molecule has 0 aliphatic carbocycles. The van der Waals surface area contributed by atoms with Crippen molar-refractivity contribution in [3.05, 3.63) is 41.0 Å². The van der Waals surface area contributed by atoms with Gasteiger partial charge in [-0.2, -0.15) is 0 Å². The number of hydrogen-bond donors (Lipinski definition) is 0. The van der Waals surface area contributed by atoms with Gasteiger partial charge in [-0.05, 0) is 39.0 Å². The third kappa shape index (κ3) is 2.75. The summed E-state index contributed by atoms with van der Waals surface area (Å²) in [7, 11) is 0. The van der Waals surface area contributed by atoms with Crippen LogP contribution in [0.5, 0.6) is 28.7 Å². The molecule has 0 radical (unpaired) electrons. The summed E-state index contributed by atoms with van der Waals surface area (Å²) in [4.78, 5) is 14.0. The molecule has 3 aliphatic heterocycles. The van der Waals surface area contributed by atoms with E-state index in [0.717, 1.165) is 33.9 Å². The number of rotatable bonds is 3. The van der Waals surface area contributed by atoms with Crippen molar-refractivity contribution < 1.29 is 28.5 Å². The van der Waals surface area contributed by atoms with Crippen molar-refractivity contribution in [1.82, 2.24) is 4.90 Å². The van der Waals surface area contributed by atoms with Gasteiger partial charge < -0.3 is 28.6 Å². The van der Waals surface area contributed by atoms with Gasteiger partial charge in [-0.15, -0.1) is 0 Å². The summed E-state index contributed by atoms with van der Waals surface area (Å²) < 4.78 is 29.0. The first-order valence-corrected chi connectivity index (χ1v) is 9.94. The number of amides is 1. The fourth-order valence-electron chi connectivity index (χ4n) is 4.20. The van der Waals surface area contributed by atoms with Crippen LogP contribution in [0.3, 0.4) is 0 Å². The third-order valence-electron chi connectivity index (χ3n) is 5.84. The lowest BCUT2D eigenvalue weighted by Gasteiger charge is -2.29. The molecular weight excluding hydrogens is 374 g/mol. The van der Waals surface area contributed by atoms with E-state index in [4.69, 9.17) is 23.7 Å². The second kappa shape index (κ2) is 6.76. The molecule has 5 rings (SSSR count). The van der Waals surface area contributed by atoms with Crippen LogP contribution in [-0.4, -0.2) is 37.5 Å². The predicted molar refractivity (Wildman–Crippen MR) is 104 cm³/mol. The van der Waals surface area contributed by atoms with Crippen LogP contribution >= 0.6 is 0 Å². The normalized spacial score (nSPS) is 20.1. The average molecular weight is 397 g/mol. The van der Waals surface area contributed by atoms with E-state index in [9.17, 15) is 4.79 Å². The third-order valence-corrected chi connectivity index (χ3v) is 5.84. The molecule has 0 saturated heterocycles. The van der Waals surface area contributed by atoms with Crippen LogP contribution in [0.1, 0.15) is 42.6 Å². The van der Waals surface area contributed by atoms with Crippen LogP contribution in [0.15, 0.2) is 24.3 Å². The minimum Gasteiger partial charge on any atom is -0.492 e. The van der Waals surface area contributed by atoms with Crippen molar-refractivity contribution in [3.63, 3.8) is 0 Å². The lowest BCUT2D eigenvalue weighted by atomic mass is 9.88. The fourth-order valence-corrected chi connectivity index (χ4v) is 4.20. The number of hydrogen-bond acceptors (Lipinski definition) is 6. The van der Waals surface area contributed by atoms with Gasteiger partial charge in [0.1, 0.15) is 23.4 Å². The van der Waals surface area contributed by atoms with Gasteiger partial charge in [0.2, 0.25) is 6.79 Å². The molecule has 0 unspecified atom stereocenters. The lowest BCUT2D eigenvalue weighted by Crippen LogP contribution is -2.33. The van der Waals surface area contributed by atoms with E-state index in [-0.39, 0.29) is 24.9 Å². The molecule has 3 heterocycles. The van der Waals surface area contributed by atoms with Gasteiger partial charge >= 0.3 is 6.09 Å². The molecule has 0 aromatic heterocycles. The van der Waals surface area contributed by atoms with Gasteiger partial charge in [0, 0.05) is 35.8 Å². The monoisotopic (exact) mass is 397 g/mol. The van der Waals surface area contributed by atoms with Gasteiger partial charge in [0.25, 0.3) is 0 Å². The highest BCUT2D eigenvalue weighted by Gasteiger charge is 2.42. The second-order valence-corrected chi connectivity index (χ2v) is 7.35. The molecule has 29 heavy (non-hydrogen) atoms. The Morgan fingerprint density at radius 3 is 2.59 bits per heavy atom. The van der Waals surface area contributed by atoms with Crippen LogP contribution in [0.25, 0.3) is 0 Å². The zero-order chi connectivity index (χ0) is 20.1. The first kappa shape index (κ1) is 18.0. The van der Waals surface area contributed by atoms with Gasteiger partial charge in [0.15, 0.2) is 11.5 Å². The summed E-state index contributed by atoms with van der Waals surface area (Å²) in [5.74, 6) is 3.57. The number of fused-ring (bicyclic) bond motifs is 6. The first-order valence-electron chi connectivity index (χ1n) is 9.94. The molecule has 2 aromatic carbocycles. The van der Waals surface area contributed by atoms with Gasteiger partial charge in [-0.25, -0.2) is 4.79 Å². The van der Waals surface area contributed by atoms with E-state index in [1.165, 1.54) is 0 Å². The number of ether oxygens (including phenoxy) is 5. The summed E-state index contributed by atoms with van der Waals surface area (Å²) in [6.07, 6.45) is -0.506. The van der Waals surface area contributed by atoms with Crippen molar-refractivity contribution >= 4 is 6.09 Å². The summed E-state index contributed by atoms with van der Waals surface area (Å²) in [6, 6.07) is 7.63. The summed E-state index contributed by atoms with van der Waals surface area (Å²) in [6.45, 7) is 7.68. The highest BCUT2D eigenvalue weighted by Crippen LogP contribution is 2.55. The van der Waals surface area contributed by atoms with Crippen LogP contribution in [0.4, 0.5) is 4.79 Å². The fraction of sp³-hybridized carbons (Fsp3) is 0.409. The average Bonchev–Trinajstić information content (AvgIpc) is 3.32. The molecule has 0 saturated carbocycles. The number of carbonyl (C=O) groups excluding carboxylic acids is 1. The minimum absolute atomic E-state index is 0.0791. The molecule has 0 fully saturated rings. The molecule has 7 heteroatoms. The SMILES string of the molecule is CCN(CC)C(=O)Oc1ccc2c(c1C)OC[C@H]1c3cc4c(cc3O[C@@H]21)OCO4.